The molecule has 3 aromatic rings. The van der Waals surface area contributed by atoms with Crippen molar-refractivity contribution in [2.45, 2.75) is 12.6 Å². The molecule has 0 amide bonds. The molecule has 1 aliphatic heterocycles. The first-order valence-electron chi connectivity index (χ1n) is 7.73. The molecule has 2 heterocycles. The minimum absolute atomic E-state index is 0.576. The first-order chi connectivity index (χ1) is 11.9. The number of rotatable bonds is 2. The van der Waals surface area contributed by atoms with Gasteiger partial charge in [-0.3, -0.25) is 0 Å². The maximum absolute atomic E-state index is 12.8. The van der Waals surface area contributed by atoms with Crippen LogP contribution in [0.1, 0.15) is 11.1 Å². The zero-order chi connectivity index (χ0) is 17.6. The minimum atomic E-state index is -4.35. The minimum Gasteiger partial charge on any atom is -0.369 e. The normalized spacial score (nSPS) is 13.6. The van der Waals surface area contributed by atoms with Gasteiger partial charge >= 0.3 is 6.18 Å². The van der Waals surface area contributed by atoms with E-state index < -0.39 is 11.7 Å². The molecule has 7 heteroatoms. The lowest BCUT2D eigenvalue weighted by molar-refractivity contribution is -0.137. The van der Waals surface area contributed by atoms with E-state index in [1.54, 1.807) is 10.7 Å². The Hall–Kier alpha value is -2.47. The molecule has 25 heavy (non-hydrogen) atoms. The number of anilines is 1. The highest BCUT2D eigenvalue weighted by Crippen LogP contribution is 2.36. The predicted octanol–water partition coefficient (Wildman–Crippen LogP) is 5.18. The Bertz CT molecular complexity index is 930. The monoisotopic (exact) mass is 363 g/mol. The predicted molar refractivity (Wildman–Crippen MR) is 91.2 cm³/mol. The smallest absolute Gasteiger partial charge is 0.369 e. The lowest BCUT2D eigenvalue weighted by Crippen LogP contribution is -2.07. The van der Waals surface area contributed by atoms with Crippen molar-refractivity contribution < 1.29 is 13.2 Å². The van der Waals surface area contributed by atoms with Crippen LogP contribution < -0.4 is 5.32 Å². The van der Waals surface area contributed by atoms with Gasteiger partial charge in [0.05, 0.1) is 16.9 Å². The van der Waals surface area contributed by atoms with Crippen molar-refractivity contribution in [2.75, 3.05) is 11.9 Å². The summed E-state index contributed by atoms with van der Waals surface area (Å²) < 4.78 is 39.9. The van der Waals surface area contributed by atoms with Crippen LogP contribution in [0, 0.1) is 0 Å². The van der Waals surface area contributed by atoms with Gasteiger partial charge in [-0.25, -0.2) is 4.68 Å². The zero-order valence-corrected chi connectivity index (χ0v) is 13.7. The van der Waals surface area contributed by atoms with Crippen LogP contribution in [-0.2, 0) is 12.6 Å². The summed E-state index contributed by atoms with van der Waals surface area (Å²) in [5.41, 5.74) is 2.62. The Labute approximate surface area is 147 Å². The van der Waals surface area contributed by atoms with Crippen molar-refractivity contribution in [3.63, 3.8) is 0 Å². The van der Waals surface area contributed by atoms with E-state index >= 15 is 0 Å². The molecule has 2 aromatic carbocycles. The van der Waals surface area contributed by atoms with Gasteiger partial charge in [0.1, 0.15) is 5.82 Å². The Morgan fingerprint density at radius 1 is 1.08 bits per heavy atom. The molecule has 0 atom stereocenters. The van der Waals surface area contributed by atoms with E-state index in [0.29, 0.717) is 10.7 Å². The van der Waals surface area contributed by atoms with Gasteiger partial charge in [-0.15, -0.1) is 0 Å². The molecular weight excluding hydrogens is 351 g/mol. The number of nitrogens with zero attached hydrogens (tertiary/aromatic N) is 2. The number of aromatic nitrogens is 2. The standard InChI is InChI=1S/C18H13ClF3N3/c19-13-3-1-2-11(10-13)16-15-8-9-23-17(15)25(24-16)14-6-4-12(5-7-14)18(20,21)22/h1-7,10,23H,8-9H2. The zero-order valence-electron chi connectivity index (χ0n) is 12.9. The first-order valence-corrected chi connectivity index (χ1v) is 8.10. The summed E-state index contributed by atoms with van der Waals surface area (Å²) in [7, 11) is 0. The van der Waals surface area contributed by atoms with E-state index in [4.69, 9.17) is 11.6 Å². The van der Waals surface area contributed by atoms with Gasteiger partial charge < -0.3 is 5.32 Å². The molecule has 3 nitrogen and oxygen atoms in total. The second kappa shape index (κ2) is 5.81. The number of halogens is 4. The van der Waals surface area contributed by atoms with Gasteiger partial charge in [0.25, 0.3) is 0 Å². The number of alkyl halides is 3. The molecule has 0 saturated heterocycles. The van der Waals surface area contributed by atoms with Gasteiger partial charge in [0.2, 0.25) is 0 Å². The van der Waals surface area contributed by atoms with Crippen molar-refractivity contribution in [3.05, 3.63) is 64.7 Å². The van der Waals surface area contributed by atoms with Crippen LogP contribution in [0.25, 0.3) is 16.9 Å². The molecule has 1 N–H and O–H groups in total. The molecule has 0 fully saturated rings. The highest BCUT2D eigenvalue weighted by molar-refractivity contribution is 6.30. The van der Waals surface area contributed by atoms with Crippen LogP contribution in [-0.4, -0.2) is 16.3 Å². The Morgan fingerprint density at radius 2 is 1.84 bits per heavy atom. The number of nitrogens with one attached hydrogen (secondary N) is 1. The highest BCUT2D eigenvalue weighted by atomic mass is 35.5. The summed E-state index contributed by atoms with van der Waals surface area (Å²) in [6.45, 7) is 0.765. The summed E-state index contributed by atoms with van der Waals surface area (Å²) in [4.78, 5) is 0. The number of fused-ring (bicyclic) bond motifs is 1. The average molecular weight is 364 g/mol. The van der Waals surface area contributed by atoms with Crippen molar-refractivity contribution in [2.24, 2.45) is 0 Å². The fourth-order valence-corrected chi connectivity index (χ4v) is 3.21. The lowest BCUT2D eigenvalue weighted by atomic mass is 10.1. The molecule has 1 aliphatic rings. The van der Waals surface area contributed by atoms with Crippen LogP contribution in [0.3, 0.4) is 0 Å². The van der Waals surface area contributed by atoms with Crippen LogP contribution >= 0.6 is 11.6 Å². The van der Waals surface area contributed by atoms with E-state index in [1.807, 2.05) is 18.2 Å². The van der Waals surface area contributed by atoms with Gasteiger partial charge in [-0.2, -0.15) is 18.3 Å². The van der Waals surface area contributed by atoms with Crippen molar-refractivity contribution in [1.82, 2.24) is 9.78 Å². The van der Waals surface area contributed by atoms with E-state index in [2.05, 4.69) is 10.4 Å². The fourth-order valence-electron chi connectivity index (χ4n) is 3.02. The number of hydrogen-bond acceptors (Lipinski definition) is 2. The second-order valence-corrected chi connectivity index (χ2v) is 6.26. The number of hydrogen-bond donors (Lipinski definition) is 1. The first kappa shape index (κ1) is 16.0. The highest BCUT2D eigenvalue weighted by Gasteiger charge is 2.30. The second-order valence-electron chi connectivity index (χ2n) is 5.82. The third-order valence-corrected chi connectivity index (χ3v) is 4.42. The quantitative estimate of drug-likeness (QED) is 0.680. The summed E-state index contributed by atoms with van der Waals surface area (Å²) in [6, 6.07) is 12.4. The van der Waals surface area contributed by atoms with E-state index in [-0.39, 0.29) is 0 Å². The third-order valence-electron chi connectivity index (χ3n) is 4.19. The van der Waals surface area contributed by atoms with Crippen LogP contribution in [0.4, 0.5) is 19.0 Å². The molecule has 1 aromatic heterocycles. The van der Waals surface area contributed by atoms with E-state index in [1.165, 1.54) is 12.1 Å². The summed E-state index contributed by atoms with van der Waals surface area (Å²) >= 11 is 6.07. The van der Waals surface area contributed by atoms with Gasteiger partial charge in [-0.05, 0) is 42.8 Å². The summed E-state index contributed by atoms with van der Waals surface area (Å²) in [6.07, 6.45) is -3.55. The lowest BCUT2D eigenvalue weighted by Gasteiger charge is -2.09. The molecule has 0 aliphatic carbocycles. The van der Waals surface area contributed by atoms with Crippen molar-refractivity contribution in [3.8, 4) is 16.9 Å². The van der Waals surface area contributed by atoms with E-state index in [0.717, 1.165) is 47.7 Å². The van der Waals surface area contributed by atoms with Crippen LogP contribution in [0.5, 0.6) is 0 Å². The maximum atomic E-state index is 12.8. The van der Waals surface area contributed by atoms with E-state index in [9.17, 15) is 13.2 Å². The summed E-state index contributed by atoms with van der Waals surface area (Å²) in [5.74, 6) is 0.815. The largest absolute Gasteiger partial charge is 0.416 e. The SMILES string of the molecule is FC(F)(F)c1ccc(-n2nc(-c3cccc(Cl)c3)c3c2NCC3)cc1. The van der Waals surface area contributed by atoms with Gasteiger partial charge in [0, 0.05) is 22.7 Å². The molecule has 4 rings (SSSR count). The fraction of sp³-hybridized carbons (Fsp3) is 0.167. The van der Waals surface area contributed by atoms with Crippen LogP contribution in [0.15, 0.2) is 48.5 Å². The summed E-state index contributed by atoms with van der Waals surface area (Å²) in [5, 5.41) is 8.49. The van der Waals surface area contributed by atoms with Gasteiger partial charge in [-0.1, -0.05) is 23.7 Å². The molecule has 0 saturated carbocycles. The van der Waals surface area contributed by atoms with Crippen molar-refractivity contribution >= 4 is 17.4 Å². The Balaban J connectivity index is 1.80. The molecular formula is C18H13ClF3N3. The Morgan fingerprint density at radius 3 is 2.52 bits per heavy atom. The van der Waals surface area contributed by atoms with Crippen molar-refractivity contribution in [1.29, 1.82) is 0 Å². The molecule has 0 bridgehead atoms. The number of benzene rings is 2. The average Bonchev–Trinajstić information content (AvgIpc) is 3.16. The van der Waals surface area contributed by atoms with Crippen LogP contribution in [0.2, 0.25) is 5.02 Å². The molecule has 128 valence electrons. The molecule has 0 spiro atoms. The topological polar surface area (TPSA) is 29.9 Å². The molecule has 0 unspecified atom stereocenters. The Kier molecular flexibility index (Phi) is 3.72. The third kappa shape index (κ3) is 2.87. The van der Waals surface area contributed by atoms with Gasteiger partial charge in [0.15, 0.2) is 0 Å². The molecule has 0 radical (unpaired) electrons. The maximum Gasteiger partial charge on any atom is 0.416 e.